The van der Waals surface area contributed by atoms with Gasteiger partial charge in [-0.25, -0.2) is 13.6 Å². The molecule has 1 aliphatic carbocycles. The summed E-state index contributed by atoms with van der Waals surface area (Å²) < 4.78 is 29.2. The highest BCUT2D eigenvalue weighted by atomic mass is 19.3. The van der Waals surface area contributed by atoms with Gasteiger partial charge in [0.25, 0.3) is 6.43 Å². The van der Waals surface area contributed by atoms with Crippen LogP contribution in [0.1, 0.15) is 31.2 Å². The lowest BCUT2D eigenvalue weighted by molar-refractivity contribution is 0.0818. The molecule has 23 heavy (non-hydrogen) atoms. The summed E-state index contributed by atoms with van der Waals surface area (Å²) in [6.07, 6.45) is 1.000. The van der Waals surface area contributed by atoms with Crippen LogP contribution in [-0.2, 0) is 6.54 Å². The van der Waals surface area contributed by atoms with E-state index in [4.69, 9.17) is 4.74 Å². The number of carbonyl (C=O) groups is 1. The number of nitrogens with one attached hydrogen (secondary N) is 2. The SMILES string of the molecule is O=C(NCc1cccc(OCC(F)F)c1)NC1(CO)CCCC1. The summed E-state index contributed by atoms with van der Waals surface area (Å²) in [5.41, 5.74) is 0.225. The first kappa shape index (κ1) is 17.5. The van der Waals surface area contributed by atoms with E-state index in [1.54, 1.807) is 24.3 Å². The fourth-order valence-electron chi connectivity index (χ4n) is 2.75. The Morgan fingerprint density at radius 1 is 1.35 bits per heavy atom. The molecule has 0 radical (unpaired) electrons. The van der Waals surface area contributed by atoms with Crippen molar-refractivity contribution in [1.82, 2.24) is 10.6 Å². The van der Waals surface area contributed by atoms with Gasteiger partial charge in [-0.2, -0.15) is 0 Å². The number of halogens is 2. The molecule has 5 nitrogen and oxygen atoms in total. The highest BCUT2D eigenvalue weighted by molar-refractivity contribution is 5.74. The van der Waals surface area contributed by atoms with E-state index >= 15 is 0 Å². The molecule has 7 heteroatoms. The fourth-order valence-corrected chi connectivity index (χ4v) is 2.75. The van der Waals surface area contributed by atoms with E-state index in [1.807, 2.05) is 0 Å². The van der Waals surface area contributed by atoms with E-state index in [-0.39, 0.29) is 19.2 Å². The second-order valence-electron chi connectivity index (χ2n) is 5.80. The average molecular weight is 328 g/mol. The van der Waals surface area contributed by atoms with Crippen molar-refractivity contribution in [3.8, 4) is 5.75 Å². The van der Waals surface area contributed by atoms with Gasteiger partial charge in [-0.15, -0.1) is 0 Å². The predicted octanol–water partition coefficient (Wildman–Crippen LogP) is 2.43. The van der Waals surface area contributed by atoms with Gasteiger partial charge in [0.15, 0.2) is 0 Å². The molecular formula is C16H22F2N2O3. The largest absolute Gasteiger partial charge is 0.488 e. The van der Waals surface area contributed by atoms with Gasteiger partial charge in [0, 0.05) is 6.54 Å². The number of hydrogen-bond acceptors (Lipinski definition) is 3. The summed E-state index contributed by atoms with van der Waals surface area (Å²) in [5, 5.41) is 15.0. The van der Waals surface area contributed by atoms with Crippen LogP contribution in [0.2, 0.25) is 0 Å². The number of benzene rings is 1. The highest BCUT2D eigenvalue weighted by Gasteiger charge is 2.34. The van der Waals surface area contributed by atoms with Crippen LogP contribution in [0.3, 0.4) is 0 Å². The molecule has 128 valence electrons. The van der Waals surface area contributed by atoms with Gasteiger partial charge in [-0.05, 0) is 30.5 Å². The lowest BCUT2D eigenvalue weighted by atomic mass is 9.99. The Bertz CT molecular complexity index is 520. The maximum Gasteiger partial charge on any atom is 0.315 e. The first-order chi connectivity index (χ1) is 11.0. The maximum absolute atomic E-state index is 12.1. The number of hydrogen-bond donors (Lipinski definition) is 3. The molecule has 1 aliphatic rings. The third-order valence-electron chi connectivity index (χ3n) is 3.97. The molecule has 2 amide bonds. The minimum atomic E-state index is -2.52. The number of alkyl halides is 2. The zero-order valence-corrected chi connectivity index (χ0v) is 12.9. The summed E-state index contributed by atoms with van der Waals surface area (Å²) in [6, 6.07) is 6.31. The Kier molecular flexibility index (Phi) is 6.15. The Hall–Kier alpha value is -1.89. The van der Waals surface area contributed by atoms with Gasteiger partial charge in [-0.1, -0.05) is 25.0 Å². The maximum atomic E-state index is 12.1. The summed E-state index contributed by atoms with van der Waals surface area (Å²) >= 11 is 0. The molecule has 2 rings (SSSR count). The molecule has 1 fully saturated rings. The molecular weight excluding hydrogens is 306 g/mol. The number of ether oxygens (including phenoxy) is 1. The van der Waals surface area contributed by atoms with E-state index in [0.29, 0.717) is 5.75 Å². The molecule has 0 bridgehead atoms. The van der Waals surface area contributed by atoms with E-state index in [9.17, 15) is 18.7 Å². The third kappa shape index (κ3) is 5.35. The van der Waals surface area contributed by atoms with Crippen LogP contribution in [0.25, 0.3) is 0 Å². The van der Waals surface area contributed by atoms with Crippen LogP contribution in [-0.4, -0.2) is 36.3 Å². The number of amides is 2. The fraction of sp³-hybridized carbons (Fsp3) is 0.562. The molecule has 3 N–H and O–H groups in total. The molecule has 0 heterocycles. The van der Waals surface area contributed by atoms with Crippen LogP contribution >= 0.6 is 0 Å². The van der Waals surface area contributed by atoms with Gasteiger partial charge in [0.2, 0.25) is 0 Å². The lowest BCUT2D eigenvalue weighted by Crippen LogP contribution is -2.52. The van der Waals surface area contributed by atoms with E-state index in [2.05, 4.69) is 10.6 Å². The van der Waals surface area contributed by atoms with Crippen LogP contribution in [0, 0.1) is 0 Å². The van der Waals surface area contributed by atoms with Gasteiger partial charge >= 0.3 is 6.03 Å². The molecule has 0 saturated heterocycles. The van der Waals surface area contributed by atoms with Crippen LogP contribution in [0.5, 0.6) is 5.75 Å². The molecule has 0 aliphatic heterocycles. The molecule has 0 atom stereocenters. The minimum Gasteiger partial charge on any atom is -0.488 e. The van der Waals surface area contributed by atoms with Crippen molar-refractivity contribution in [2.75, 3.05) is 13.2 Å². The molecule has 0 spiro atoms. The van der Waals surface area contributed by atoms with Crippen molar-refractivity contribution < 1.29 is 23.4 Å². The molecule has 1 saturated carbocycles. The Balaban J connectivity index is 1.83. The molecule has 0 aromatic heterocycles. The van der Waals surface area contributed by atoms with Gasteiger partial charge in [-0.3, -0.25) is 0 Å². The number of urea groups is 1. The van der Waals surface area contributed by atoms with Crippen molar-refractivity contribution in [3.63, 3.8) is 0 Å². The number of carbonyl (C=O) groups excluding carboxylic acids is 1. The summed E-state index contributed by atoms with van der Waals surface area (Å²) in [5.74, 6) is 0.340. The normalized spacial score (nSPS) is 16.3. The van der Waals surface area contributed by atoms with Crippen molar-refractivity contribution in [2.24, 2.45) is 0 Å². The van der Waals surface area contributed by atoms with Crippen molar-refractivity contribution in [3.05, 3.63) is 29.8 Å². The predicted molar refractivity (Wildman–Crippen MR) is 81.6 cm³/mol. The van der Waals surface area contributed by atoms with Gasteiger partial charge in [0.1, 0.15) is 12.4 Å². The third-order valence-corrected chi connectivity index (χ3v) is 3.97. The molecule has 1 aromatic carbocycles. The van der Waals surface area contributed by atoms with Gasteiger partial charge < -0.3 is 20.5 Å². The van der Waals surface area contributed by atoms with Crippen molar-refractivity contribution in [2.45, 2.75) is 44.2 Å². The van der Waals surface area contributed by atoms with Crippen molar-refractivity contribution in [1.29, 1.82) is 0 Å². The first-order valence-electron chi connectivity index (χ1n) is 7.70. The summed E-state index contributed by atoms with van der Waals surface area (Å²) in [6.45, 7) is -0.479. The van der Waals surface area contributed by atoms with Crippen molar-refractivity contribution >= 4 is 6.03 Å². The molecule has 1 aromatic rings. The van der Waals surface area contributed by atoms with Gasteiger partial charge in [0.05, 0.1) is 12.1 Å². The van der Waals surface area contributed by atoms with E-state index in [1.165, 1.54) is 0 Å². The van der Waals surface area contributed by atoms with E-state index in [0.717, 1.165) is 31.2 Å². The standard InChI is InChI=1S/C16H22F2N2O3/c17-14(18)10-23-13-5-3-4-12(8-13)9-19-15(22)20-16(11-21)6-1-2-7-16/h3-5,8,14,21H,1-2,6-7,9-11H2,(H2,19,20,22). The lowest BCUT2D eigenvalue weighted by Gasteiger charge is -2.28. The number of rotatable bonds is 7. The zero-order valence-electron chi connectivity index (χ0n) is 12.9. The smallest absolute Gasteiger partial charge is 0.315 e. The van der Waals surface area contributed by atoms with Crippen LogP contribution < -0.4 is 15.4 Å². The Morgan fingerprint density at radius 2 is 2.09 bits per heavy atom. The monoisotopic (exact) mass is 328 g/mol. The molecule has 0 unspecified atom stereocenters. The number of aliphatic hydroxyl groups is 1. The topological polar surface area (TPSA) is 70.6 Å². The zero-order chi connectivity index (χ0) is 16.7. The van der Waals surface area contributed by atoms with E-state index < -0.39 is 18.6 Å². The van der Waals surface area contributed by atoms with Crippen LogP contribution in [0.15, 0.2) is 24.3 Å². The Morgan fingerprint density at radius 3 is 2.74 bits per heavy atom. The Labute approximate surface area is 134 Å². The number of aliphatic hydroxyl groups excluding tert-OH is 1. The quantitative estimate of drug-likeness (QED) is 0.720. The van der Waals surface area contributed by atoms with Crippen LogP contribution in [0.4, 0.5) is 13.6 Å². The summed E-state index contributed by atoms with van der Waals surface area (Å²) in [4.78, 5) is 12.0. The average Bonchev–Trinajstić information content (AvgIpc) is 3.00. The second-order valence-corrected chi connectivity index (χ2v) is 5.80. The second kappa shape index (κ2) is 8.10. The first-order valence-corrected chi connectivity index (χ1v) is 7.70. The highest BCUT2D eigenvalue weighted by Crippen LogP contribution is 2.28. The summed E-state index contributed by atoms with van der Waals surface area (Å²) in [7, 11) is 0. The minimum absolute atomic E-state index is 0.0721.